The Balaban J connectivity index is 1.60. The summed E-state index contributed by atoms with van der Waals surface area (Å²) in [7, 11) is 1.71. The first-order chi connectivity index (χ1) is 11.8. The molecule has 2 aliphatic rings. The molecule has 3 heterocycles. The van der Waals surface area contributed by atoms with Crippen molar-refractivity contribution in [2.75, 3.05) is 31.7 Å². The van der Waals surface area contributed by atoms with Gasteiger partial charge in [-0.1, -0.05) is 12.1 Å². The molecule has 1 atom stereocenters. The van der Waals surface area contributed by atoms with Crippen molar-refractivity contribution in [1.82, 2.24) is 4.98 Å². The summed E-state index contributed by atoms with van der Waals surface area (Å²) < 4.78 is 11.4. The van der Waals surface area contributed by atoms with Gasteiger partial charge in [-0.05, 0) is 50.7 Å². The number of benzene rings is 1. The van der Waals surface area contributed by atoms with E-state index in [1.807, 2.05) is 6.07 Å². The number of nitrogens with zero attached hydrogens (tertiary/aromatic N) is 2. The molecule has 4 heteroatoms. The van der Waals surface area contributed by atoms with Crippen molar-refractivity contribution in [1.29, 1.82) is 0 Å². The third-order valence-corrected chi connectivity index (χ3v) is 5.50. The number of methoxy groups -OCH3 is 1. The number of aryl methyl sites for hydroxylation is 1. The number of rotatable bonds is 3. The monoisotopic (exact) mass is 326 g/mol. The Bertz CT molecular complexity index is 717. The molecule has 2 saturated heterocycles. The van der Waals surface area contributed by atoms with Gasteiger partial charge in [0.25, 0.3) is 0 Å². The molecule has 128 valence electrons. The van der Waals surface area contributed by atoms with Crippen LogP contribution in [0.25, 0.3) is 10.9 Å². The molecule has 0 saturated carbocycles. The Morgan fingerprint density at radius 1 is 1.21 bits per heavy atom. The van der Waals surface area contributed by atoms with E-state index in [0.717, 1.165) is 42.6 Å². The van der Waals surface area contributed by atoms with Crippen LogP contribution in [-0.4, -0.2) is 37.9 Å². The second-order valence-electron chi connectivity index (χ2n) is 7.02. The summed E-state index contributed by atoms with van der Waals surface area (Å²) in [4.78, 5) is 7.22. The quantitative estimate of drug-likeness (QED) is 0.855. The van der Waals surface area contributed by atoms with Crippen molar-refractivity contribution in [3.05, 3.63) is 30.0 Å². The smallest absolute Gasteiger partial charge is 0.145 e. The lowest BCUT2D eigenvalue weighted by molar-refractivity contribution is 0.0532. The zero-order chi connectivity index (χ0) is 16.5. The summed E-state index contributed by atoms with van der Waals surface area (Å²) in [6.07, 6.45) is 5.43. The summed E-state index contributed by atoms with van der Waals surface area (Å²) in [6, 6.07) is 8.42. The first kappa shape index (κ1) is 15.7. The minimum absolute atomic E-state index is 0.503. The SMILES string of the molecule is COc1cccc2c(N3CCC(C4CCCO4)CC3)cc(C)nc12. The molecule has 0 bridgehead atoms. The fourth-order valence-electron chi connectivity index (χ4n) is 4.24. The second-order valence-corrected chi connectivity index (χ2v) is 7.02. The molecule has 0 radical (unpaired) electrons. The maximum absolute atomic E-state index is 5.91. The summed E-state index contributed by atoms with van der Waals surface area (Å²) in [5.74, 6) is 1.58. The van der Waals surface area contributed by atoms with Crippen molar-refractivity contribution in [3.63, 3.8) is 0 Å². The average Bonchev–Trinajstić information content (AvgIpc) is 3.15. The minimum Gasteiger partial charge on any atom is -0.494 e. The Morgan fingerprint density at radius 3 is 2.75 bits per heavy atom. The van der Waals surface area contributed by atoms with Crippen molar-refractivity contribution in [3.8, 4) is 5.75 Å². The van der Waals surface area contributed by atoms with Gasteiger partial charge < -0.3 is 14.4 Å². The van der Waals surface area contributed by atoms with E-state index in [2.05, 4.69) is 30.0 Å². The number of hydrogen-bond acceptors (Lipinski definition) is 4. The first-order valence-electron chi connectivity index (χ1n) is 9.07. The van der Waals surface area contributed by atoms with Crippen LogP contribution in [-0.2, 0) is 4.74 Å². The summed E-state index contributed by atoms with van der Waals surface area (Å²) >= 11 is 0. The molecule has 24 heavy (non-hydrogen) atoms. The molecule has 2 fully saturated rings. The number of piperidine rings is 1. The van der Waals surface area contributed by atoms with E-state index in [-0.39, 0.29) is 0 Å². The van der Waals surface area contributed by atoms with Crippen LogP contribution in [0.1, 0.15) is 31.4 Å². The molecule has 4 rings (SSSR count). The highest BCUT2D eigenvalue weighted by atomic mass is 16.5. The fraction of sp³-hybridized carbons (Fsp3) is 0.550. The van der Waals surface area contributed by atoms with Gasteiger partial charge in [-0.25, -0.2) is 4.98 Å². The maximum atomic E-state index is 5.91. The summed E-state index contributed by atoms with van der Waals surface area (Å²) in [5, 5.41) is 1.19. The van der Waals surface area contributed by atoms with Crippen LogP contribution < -0.4 is 9.64 Å². The van der Waals surface area contributed by atoms with E-state index < -0.39 is 0 Å². The zero-order valence-corrected chi connectivity index (χ0v) is 14.6. The standard InChI is InChI=1S/C20H26N2O2/c1-14-13-17(16-5-3-6-19(23-2)20(16)21-14)22-10-8-15(9-11-22)18-7-4-12-24-18/h3,5-6,13,15,18H,4,7-12H2,1-2H3. The molecule has 1 aromatic heterocycles. The predicted molar refractivity (Wildman–Crippen MR) is 96.9 cm³/mol. The molecule has 2 aromatic rings. The second kappa shape index (κ2) is 6.60. The molecule has 4 nitrogen and oxygen atoms in total. The van der Waals surface area contributed by atoms with Gasteiger partial charge in [0.2, 0.25) is 0 Å². The number of ether oxygens (including phenoxy) is 2. The van der Waals surface area contributed by atoms with Gasteiger partial charge in [0.05, 0.1) is 13.2 Å². The van der Waals surface area contributed by atoms with Crippen molar-refractivity contribution >= 4 is 16.6 Å². The van der Waals surface area contributed by atoms with E-state index in [0.29, 0.717) is 6.10 Å². The lowest BCUT2D eigenvalue weighted by Gasteiger charge is -2.36. The van der Waals surface area contributed by atoms with Crippen molar-refractivity contribution in [2.24, 2.45) is 5.92 Å². The van der Waals surface area contributed by atoms with E-state index in [1.54, 1.807) is 7.11 Å². The van der Waals surface area contributed by atoms with Crippen LogP contribution in [0.3, 0.4) is 0 Å². The van der Waals surface area contributed by atoms with Crippen LogP contribution >= 0.6 is 0 Å². The van der Waals surface area contributed by atoms with E-state index >= 15 is 0 Å². The van der Waals surface area contributed by atoms with Gasteiger partial charge >= 0.3 is 0 Å². The maximum Gasteiger partial charge on any atom is 0.145 e. The largest absolute Gasteiger partial charge is 0.494 e. The van der Waals surface area contributed by atoms with Gasteiger partial charge in [0.15, 0.2) is 0 Å². The van der Waals surface area contributed by atoms with Gasteiger partial charge in [0.1, 0.15) is 11.3 Å². The fourth-order valence-corrected chi connectivity index (χ4v) is 4.24. The number of pyridine rings is 1. The summed E-state index contributed by atoms with van der Waals surface area (Å²) in [6.45, 7) is 5.22. The van der Waals surface area contributed by atoms with Crippen molar-refractivity contribution < 1.29 is 9.47 Å². The normalized spacial score (nSPS) is 22.2. The number of para-hydroxylation sites is 1. The average molecular weight is 326 g/mol. The molecule has 1 unspecified atom stereocenters. The number of fused-ring (bicyclic) bond motifs is 1. The molecule has 0 spiro atoms. The first-order valence-corrected chi connectivity index (χ1v) is 9.07. The van der Waals surface area contributed by atoms with Crippen LogP contribution in [0.2, 0.25) is 0 Å². The molecule has 0 aliphatic carbocycles. The third kappa shape index (κ3) is 2.84. The highest BCUT2D eigenvalue weighted by Gasteiger charge is 2.30. The van der Waals surface area contributed by atoms with E-state index in [4.69, 9.17) is 14.5 Å². The molecular formula is C20H26N2O2. The molecule has 0 N–H and O–H groups in total. The number of hydrogen-bond donors (Lipinski definition) is 0. The topological polar surface area (TPSA) is 34.6 Å². The van der Waals surface area contributed by atoms with E-state index in [9.17, 15) is 0 Å². The van der Waals surface area contributed by atoms with Gasteiger partial charge in [-0.3, -0.25) is 0 Å². The lowest BCUT2D eigenvalue weighted by atomic mass is 9.89. The zero-order valence-electron chi connectivity index (χ0n) is 14.6. The number of anilines is 1. The van der Waals surface area contributed by atoms with E-state index in [1.165, 1.54) is 36.8 Å². The van der Waals surface area contributed by atoms with Gasteiger partial charge in [0, 0.05) is 36.5 Å². The minimum atomic E-state index is 0.503. The number of aromatic nitrogens is 1. The Morgan fingerprint density at radius 2 is 2.04 bits per heavy atom. The predicted octanol–water partition coefficient (Wildman–Crippen LogP) is 3.95. The highest BCUT2D eigenvalue weighted by molar-refractivity contribution is 5.95. The lowest BCUT2D eigenvalue weighted by Crippen LogP contribution is -2.37. The van der Waals surface area contributed by atoms with Crippen LogP contribution in [0, 0.1) is 12.8 Å². The van der Waals surface area contributed by atoms with Crippen molar-refractivity contribution in [2.45, 2.75) is 38.7 Å². The Hall–Kier alpha value is -1.81. The molecule has 0 amide bonds. The van der Waals surface area contributed by atoms with Crippen LogP contribution in [0.4, 0.5) is 5.69 Å². The highest BCUT2D eigenvalue weighted by Crippen LogP contribution is 2.36. The molecule has 1 aromatic carbocycles. The Kier molecular flexibility index (Phi) is 4.31. The van der Waals surface area contributed by atoms with Crippen LogP contribution in [0.15, 0.2) is 24.3 Å². The molecular weight excluding hydrogens is 300 g/mol. The third-order valence-electron chi connectivity index (χ3n) is 5.50. The molecule has 2 aliphatic heterocycles. The van der Waals surface area contributed by atoms with Gasteiger partial charge in [-0.2, -0.15) is 0 Å². The Labute approximate surface area is 143 Å². The van der Waals surface area contributed by atoms with Gasteiger partial charge in [-0.15, -0.1) is 0 Å². The summed E-state index contributed by atoms with van der Waals surface area (Å²) in [5.41, 5.74) is 3.31. The van der Waals surface area contributed by atoms with Crippen LogP contribution in [0.5, 0.6) is 5.75 Å².